The third-order valence-corrected chi connectivity index (χ3v) is 3.89. The third-order valence-electron chi connectivity index (χ3n) is 3.33. The van der Waals surface area contributed by atoms with E-state index in [4.69, 9.17) is 28.5 Å². The van der Waals surface area contributed by atoms with E-state index in [1.54, 1.807) is 42.5 Å². The predicted octanol–water partition coefficient (Wildman–Crippen LogP) is 4.65. The zero-order chi connectivity index (χ0) is 18.5. The number of nitrogens with zero attached hydrogens (tertiary/aromatic N) is 3. The Labute approximate surface area is 159 Å². The number of nitrogens with one attached hydrogen (secondary N) is 2. The smallest absolute Gasteiger partial charge is 0.275 e. The number of halogens is 2. The van der Waals surface area contributed by atoms with Gasteiger partial charge in [-0.2, -0.15) is 5.26 Å². The number of amides is 1. The summed E-state index contributed by atoms with van der Waals surface area (Å²) in [6, 6.07) is 13.8. The number of benzene rings is 2. The number of nitriles is 1. The lowest BCUT2D eigenvalue weighted by molar-refractivity contribution is 0.102. The number of carbonyl (C=O) groups excluding carboxylic acids is 1. The lowest BCUT2D eigenvalue weighted by atomic mass is 10.2. The standard InChI is InChI=1S/C18H11Cl2N5O/c19-12-4-5-14(20)15(7-12)25-18(26)16-9-23-17(10-22-16)24-13-3-1-2-11(6-13)8-21/h1-7,9-10H,(H,23,24)(H,25,26). The van der Waals surface area contributed by atoms with E-state index in [0.29, 0.717) is 32.8 Å². The Hall–Kier alpha value is -3.14. The molecule has 0 saturated carbocycles. The number of hydrogen-bond donors (Lipinski definition) is 2. The highest BCUT2D eigenvalue weighted by molar-refractivity contribution is 6.35. The van der Waals surface area contributed by atoms with Crippen LogP contribution in [0.2, 0.25) is 10.0 Å². The quantitative estimate of drug-likeness (QED) is 0.683. The van der Waals surface area contributed by atoms with Crippen molar-refractivity contribution in [3.63, 3.8) is 0 Å². The molecule has 8 heteroatoms. The molecular weight excluding hydrogens is 373 g/mol. The monoisotopic (exact) mass is 383 g/mol. The van der Waals surface area contributed by atoms with Gasteiger partial charge in [0.05, 0.1) is 34.7 Å². The second-order valence-electron chi connectivity index (χ2n) is 5.18. The van der Waals surface area contributed by atoms with Crippen LogP contribution in [0.4, 0.5) is 17.2 Å². The van der Waals surface area contributed by atoms with Crippen molar-refractivity contribution in [2.24, 2.45) is 0 Å². The van der Waals surface area contributed by atoms with Crippen molar-refractivity contribution in [3.8, 4) is 6.07 Å². The van der Waals surface area contributed by atoms with Crippen LogP contribution in [0, 0.1) is 11.3 Å². The van der Waals surface area contributed by atoms with E-state index in [0.717, 1.165) is 0 Å². The summed E-state index contributed by atoms with van der Waals surface area (Å²) in [5.41, 5.74) is 1.73. The first-order chi connectivity index (χ1) is 12.5. The van der Waals surface area contributed by atoms with Crippen LogP contribution < -0.4 is 10.6 Å². The van der Waals surface area contributed by atoms with Crippen LogP contribution in [-0.2, 0) is 0 Å². The molecule has 0 unspecified atom stereocenters. The van der Waals surface area contributed by atoms with Gasteiger partial charge >= 0.3 is 0 Å². The van der Waals surface area contributed by atoms with Gasteiger partial charge < -0.3 is 10.6 Å². The van der Waals surface area contributed by atoms with E-state index in [2.05, 4.69) is 26.7 Å². The Bertz CT molecular complexity index is 999. The molecule has 0 aliphatic carbocycles. The molecule has 1 heterocycles. The highest BCUT2D eigenvalue weighted by atomic mass is 35.5. The zero-order valence-corrected chi connectivity index (χ0v) is 14.7. The van der Waals surface area contributed by atoms with Crippen LogP contribution in [0.3, 0.4) is 0 Å². The van der Waals surface area contributed by atoms with Gasteiger partial charge in [0, 0.05) is 10.7 Å². The first-order valence-corrected chi connectivity index (χ1v) is 8.16. The zero-order valence-electron chi connectivity index (χ0n) is 13.2. The van der Waals surface area contributed by atoms with Crippen LogP contribution in [-0.4, -0.2) is 15.9 Å². The van der Waals surface area contributed by atoms with E-state index in [9.17, 15) is 4.79 Å². The normalized spacial score (nSPS) is 10.0. The fourth-order valence-corrected chi connectivity index (χ4v) is 2.44. The van der Waals surface area contributed by atoms with Crippen molar-refractivity contribution in [3.05, 3.63) is 76.2 Å². The lowest BCUT2D eigenvalue weighted by Crippen LogP contribution is -2.14. The maximum atomic E-state index is 12.3. The molecular formula is C18H11Cl2N5O. The fourth-order valence-electron chi connectivity index (χ4n) is 2.10. The second kappa shape index (κ2) is 7.83. The van der Waals surface area contributed by atoms with Crippen LogP contribution in [0.15, 0.2) is 54.9 Å². The number of aromatic nitrogens is 2. The summed E-state index contributed by atoms with van der Waals surface area (Å²) in [4.78, 5) is 20.5. The summed E-state index contributed by atoms with van der Waals surface area (Å²) in [5, 5.41) is 15.4. The largest absolute Gasteiger partial charge is 0.339 e. The molecule has 2 aromatic carbocycles. The molecule has 3 rings (SSSR count). The molecule has 0 saturated heterocycles. The lowest BCUT2D eigenvalue weighted by Gasteiger charge is -2.08. The summed E-state index contributed by atoms with van der Waals surface area (Å²) in [5.74, 6) is -0.0166. The van der Waals surface area contributed by atoms with Gasteiger partial charge in [0.2, 0.25) is 0 Å². The van der Waals surface area contributed by atoms with Gasteiger partial charge in [-0.05, 0) is 36.4 Å². The van der Waals surface area contributed by atoms with Gasteiger partial charge in [0.15, 0.2) is 0 Å². The van der Waals surface area contributed by atoms with E-state index in [-0.39, 0.29) is 5.69 Å². The number of carbonyl (C=O) groups is 1. The minimum atomic E-state index is -0.459. The van der Waals surface area contributed by atoms with E-state index >= 15 is 0 Å². The SMILES string of the molecule is N#Cc1cccc(Nc2cnc(C(=O)Nc3cc(Cl)ccc3Cl)cn2)c1. The molecule has 6 nitrogen and oxygen atoms in total. The van der Waals surface area contributed by atoms with Crippen LogP contribution in [0.1, 0.15) is 16.1 Å². The molecule has 0 radical (unpaired) electrons. The average molecular weight is 384 g/mol. The molecule has 0 spiro atoms. The Morgan fingerprint density at radius 3 is 2.65 bits per heavy atom. The van der Waals surface area contributed by atoms with Crippen molar-refractivity contribution in [2.45, 2.75) is 0 Å². The number of hydrogen-bond acceptors (Lipinski definition) is 5. The fraction of sp³-hybridized carbons (Fsp3) is 0. The molecule has 128 valence electrons. The van der Waals surface area contributed by atoms with E-state index in [1.807, 2.05) is 0 Å². The molecule has 1 aromatic heterocycles. The topological polar surface area (TPSA) is 90.7 Å². The molecule has 0 bridgehead atoms. The minimum absolute atomic E-state index is 0.123. The van der Waals surface area contributed by atoms with E-state index < -0.39 is 5.91 Å². The van der Waals surface area contributed by atoms with Crippen molar-refractivity contribution in [1.82, 2.24) is 9.97 Å². The molecule has 26 heavy (non-hydrogen) atoms. The van der Waals surface area contributed by atoms with Crippen LogP contribution in [0.25, 0.3) is 0 Å². The van der Waals surface area contributed by atoms with Crippen LogP contribution >= 0.6 is 23.2 Å². The second-order valence-corrected chi connectivity index (χ2v) is 6.03. The maximum Gasteiger partial charge on any atom is 0.275 e. The van der Waals surface area contributed by atoms with Gasteiger partial charge in [-0.15, -0.1) is 0 Å². The highest BCUT2D eigenvalue weighted by Gasteiger charge is 2.11. The third kappa shape index (κ3) is 4.28. The van der Waals surface area contributed by atoms with Gasteiger partial charge in [-0.3, -0.25) is 4.79 Å². The van der Waals surface area contributed by atoms with Gasteiger partial charge in [0.1, 0.15) is 11.5 Å². The predicted molar refractivity (Wildman–Crippen MR) is 101 cm³/mol. The Morgan fingerprint density at radius 2 is 1.92 bits per heavy atom. The van der Waals surface area contributed by atoms with Gasteiger partial charge in [0.25, 0.3) is 5.91 Å². The van der Waals surface area contributed by atoms with Crippen molar-refractivity contribution < 1.29 is 4.79 Å². The van der Waals surface area contributed by atoms with Gasteiger partial charge in [-0.25, -0.2) is 9.97 Å². The molecule has 2 N–H and O–H groups in total. The first-order valence-electron chi connectivity index (χ1n) is 7.41. The molecule has 0 aliphatic heterocycles. The average Bonchev–Trinajstić information content (AvgIpc) is 2.65. The van der Waals surface area contributed by atoms with Crippen molar-refractivity contribution >= 4 is 46.3 Å². The van der Waals surface area contributed by atoms with E-state index in [1.165, 1.54) is 12.4 Å². The molecule has 0 aliphatic rings. The Morgan fingerprint density at radius 1 is 1.08 bits per heavy atom. The summed E-state index contributed by atoms with van der Waals surface area (Å²) in [6.45, 7) is 0. The minimum Gasteiger partial charge on any atom is -0.339 e. The summed E-state index contributed by atoms with van der Waals surface area (Å²) < 4.78 is 0. The molecule has 0 fully saturated rings. The highest BCUT2D eigenvalue weighted by Crippen LogP contribution is 2.25. The molecule has 1 amide bonds. The summed E-state index contributed by atoms with van der Waals surface area (Å²) in [7, 11) is 0. The first kappa shape index (κ1) is 17.7. The van der Waals surface area contributed by atoms with Crippen molar-refractivity contribution in [1.29, 1.82) is 5.26 Å². The Kier molecular flexibility index (Phi) is 5.32. The number of anilines is 3. The summed E-state index contributed by atoms with van der Waals surface area (Å²) in [6.07, 6.45) is 2.76. The van der Waals surface area contributed by atoms with Crippen LogP contribution in [0.5, 0.6) is 0 Å². The maximum absolute atomic E-state index is 12.3. The molecule has 3 aromatic rings. The molecule has 0 atom stereocenters. The van der Waals surface area contributed by atoms with Crippen molar-refractivity contribution in [2.75, 3.05) is 10.6 Å². The Balaban J connectivity index is 1.71. The summed E-state index contributed by atoms with van der Waals surface area (Å²) >= 11 is 11.9. The van der Waals surface area contributed by atoms with Gasteiger partial charge in [-0.1, -0.05) is 29.3 Å². The number of rotatable bonds is 4.